The first-order valence-corrected chi connectivity index (χ1v) is 2.93. The smallest absolute Gasteiger partial charge is 0.0818 e. The van der Waals surface area contributed by atoms with E-state index in [1.165, 1.54) is 0 Å². The molecule has 0 bridgehead atoms. The zero-order valence-electron chi connectivity index (χ0n) is 6.15. The van der Waals surface area contributed by atoms with Crippen LogP contribution in [0.2, 0.25) is 0 Å². The fourth-order valence-electron chi connectivity index (χ4n) is 0.349. The third-order valence-electron chi connectivity index (χ3n) is 0.631. The molecule has 0 aromatic carbocycles. The van der Waals surface area contributed by atoms with Gasteiger partial charge in [-0.2, -0.15) is 5.48 Å². The Morgan fingerprint density at radius 1 is 1.44 bits per heavy atom. The van der Waals surface area contributed by atoms with Gasteiger partial charge in [0.15, 0.2) is 0 Å². The summed E-state index contributed by atoms with van der Waals surface area (Å²) < 4.78 is 0. The first-order chi connectivity index (χ1) is 4.06. The van der Waals surface area contributed by atoms with Crippen molar-refractivity contribution < 1.29 is 5.21 Å². The molecule has 0 amide bonds. The van der Waals surface area contributed by atoms with E-state index in [9.17, 15) is 0 Å². The standard InChI is InChI=1S/C7H13NO/c1-7(2,3)5-4-6-8-9/h8-9H,6H2,1-3H3. The molecule has 0 radical (unpaired) electrons. The maximum Gasteiger partial charge on any atom is 0.0818 e. The quantitative estimate of drug-likeness (QED) is 0.407. The molecular formula is C7H13NO. The van der Waals surface area contributed by atoms with Gasteiger partial charge in [0.1, 0.15) is 0 Å². The first-order valence-electron chi connectivity index (χ1n) is 2.93. The second kappa shape index (κ2) is 3.49. The molecule has 0 aromatic rings. The topological polar surface area (TPSA) is 32.3 Å². The van der Waals surface area contributed by atoms with Crippen molar-refractivity contribution in [1.29, 1.82) is 0 Å². The lowest BCUT2D eigenvalue weighted by Gasteiger charge is -2.06. The van der Waals surface area contributed by atoms with Gasteiger partial charge in [0.2, 0.25) is 0 Å². The lowest BCUT2D eigenvalue weighted by atomic mass is 9.98. The van der Waals surface area contributed by atoms with Crippen LogP contribution in [0.5, 0.6) is 0 Å². The van der Waals surface area contributed by atoms with E-state index in [-0.39, 0.29) is 5.41 Å². The van der Waals surface area contributed by atoms with Crippen LogP contribution < -0.4 is 5.48 Å². The molecule has 2 nitrogen and oxygen atoms in total. The second-order valence-electron chi connectivity index (χ2n) is 2.89. The van der Waals surface area contributed by atoms with Gasteiger partial charge in [-0.1, -0.05) is 11.8 Å². The lowest BCUT2D eigenvalue weighted by Crippen LogP contribution is -2.07. The van der Waals surface area contributed by atoms with Gasteiger partial charge in [0.05, 0.1) is 6.54 Å². The van der Waals surface area contributed by atoms with Crippen LogP contribution in [0.15, 0.2) is 0 Å². The molecule has 0 heterocycles. The number of hydrogen-bond donors (Lipinski definition) is 2. The van der Waals surface area contributed by atoms with Crippen LogP contribution in [0.3, 0.4) is 0 Å². The average molecular weight is 127 g/mol. The van der Waals surface area contributed by atoms with E-state index in [4.69, 9.17) is 5.21 Å². The molecule has 0 unspecified atom stereocenters. The maximum atomic E-state index is 8.11. The zero-order chi connectivity index (χ0) is 7.33. The van der Waals surface area contributed by atoms with Gasteiger partial charge in [0, 0.05) is 5.41 Å². The Hall–Kier alpha value is -0.520. The van der Waals surface area contributed by atoms with Gasteiger partial charge in [-0.05, 0) is 20.8 Å². The molecule has 0 aliphatic rings. The highest BCUT2D eigenvalue weighted by atomic mass is 16.5. The molecule has 0 aliphatic heterocycles. The first kappa shape index (κ1) is 8.48. The minimum absolute atomic E-state index is 0.0385. The van der Waals surface area contributed by atoms with Crippen LogP contribution in [0.4, 0.5) is 0 Å². The Bertz CT molecular complexity index is 124. The zero-order valence-corrected chi connectivity index (χ0v) is 6.15. The highest BCUT2D eigenvalue weighted by Gasteiger charge is 2.02. The number of hydrogen-bond acceptors (Lipinski definition) is 2. The van der Waals surface area contributed by atoms with E-state index >= 15 is 0 Å². The second-order valence-corrected chi connectivity index (χ2v) is 2.89. The van der Waals surface area contributed by atoms with E-state index in [1.807, 2.05) is 26.3 Å². The van der Waals surface area contributed by atoms with Crippen LogP contribution in [-0.4, -0.2) is 11.8 Å². The molecule has 9 heavy (non-hydrogen) atoms. The van der Waals surface area contributed by atoms with Gasteiger partial charge in [-0.25, -0.2) is 0 Å². The molecule has 2 heteroatoms. The van der Waals surface area contributed by atoms with E-state index < -0.39 is 0 Å². The fraction of sp³-hybridized carbons (Fsp3) is 0.714. The molecule has 0 aliphatic carbocycles. The highest BCUT2D eigenvalue weighted by Crippen LogP contribution is 2.09. The molecule has 0 aromatic heterocycles. The van der Waals surface area contributed by atoms with Crippen LogP contribution in [0.25, 0.3) is 0 Å². The minimum atomic E-state index is 0.0385. The summed E-state index contributed by atoms with van der Waals surface area (Å²) >= 11 is 0. The summed E-state index contributed by atoms with van der Waals surface area (Å²) in [7, 11) is 0. The molecule has 0 saturated carbocycles. The summed E-state index contributed by atoms with van der Waals surface area (Å²) in [5.41, 5.74) is 2.01. The number of nitrogens with one attached hydrogen (secondary N) is 1. The Labute approximate surface area is 56.2 Å². The fourth-order valence-corrected chi connectivity index (χ4v) is 0.349. The van der Waals surface area contributed by atoms with Crippen LogP contribution in [0, 0.1) is 17.3 Å². The Morgan fingerprint density at radius 2 is 2.00 bits per heavy atom. The highest BCUT2D eigenvalue weighted by molar-refractivity contribution is 5.07. The summed E-state index contributed by atoms with van der Waals surface area (Å²) in [5.74, 6) is 5.71. The molecule has 0 spiro atoms. The van der Waals surface area contributed by atoms with Gasteiger partial charge in [-0.15, -0.1) is 0 Å². The summed E-state index contributed by atoms with van der Waals surface area (Å²) in [6.07, 6.45) is 0. The summed E-state index contributed by atoms with van der Waals surface area (Å²) in [6.45, 7) is 6.42. The van der Waals surface area contributed by atoms with Gasteiger partial charge >= 0.3 is 0 Å². The van der Waals surface area contributed by atoms with E-state index in [0.29, 0.717) is 6.54 Å². The van der Waals surface area contributed by atoms with Crippen LogP contribution in [-0.2, 0) is 0 Å². The average Bonchev–Trinajstić information content (AvgIpc) is 1.63. The van der Waals surface area contributed by atoms with E-state index in [2.05, 4.69) is 11.8 Å². The molecule has 0 fully saturated rings. The van der Waals surface area contributed by atoms with Crippen molar-refractivity contribution in [3.05, 3.63) is 0 Å². The van der Waals surface area contributed by atoms with Crippen molar-refractivity contribution in [1.82, 2.24) is 5.48 Å². The minimum Gasteiger partial charge on any atom is -0.316 e. The summed E-state index contributed by atoms with van der Waals surface area (Å²) in [6, 6.07) is 0. The van der Waals surface area contributed by atoms with Crippen LogP contribution in [0.1, 0.15) is 20.8 Å². The van der Waals surface area contributed by atoms with Crippen molar-refractivity contribution >= 4 is 0 Å². The molecule has 0 atom stereocenters. The third-order valence-corrected chi connectivity index (χ3v) is 0.631. The number of rotatable bonds is 1. The molecule has 52 valence electrons. The van der Waals surface area contributed by atoms with Crippen LogP contribution >= 0.6 is 0 Å². The monoisotopic (exact) mass is 127 g/mol. The lowest BCUT2D eigenvalue weighted by molar-refractivity contribution is 0.181. The summed E-state index contributed by atoms with van der Waals surface area (Å²) in [5, 5.41) is 8.11. The SMILES string of the molecule is CC(C)(C)C#CCNO. The Morgan fingerprint density at radius 3 is 2.33 bits per heavy atom. The Balaban J connectivity index is 3.59. The van der Waals surface area contributed by atoms with Crippen molar-refractivity contribution in [3.8, 4) is 11.8 Å². The van der Waals surface area contributed by atoms with E-state index in [1.54, 1.807) is 0 Å². The van der Waals surface area contributed by atoms with Gasteiger partial charge < -0.3 is 5.21 Å². The predicted octanol–water partition coefficient (Wildman–Crippen LogP) is 1.01. The van der Waals surface area contributed by atoms with Gasteiger partial charge in [-0.3, -0.25) is 0 Å². The molecule has 2 N–H and O–H groups in total. The van der Waals surface area contributed by atoms with Crippen molar-refractivity contribution in [2.45, 2.75) is 20.8 Å². The van der Waals surface area contributed by atoms with Gasteiger partial charge in [0.25, 0.3) is 0 Å². The largest absolute Gasteiger partial charge is 0.316 e. The Kier molecular flexibility index (Phi) is 3.29. The third kappa shape index (κ3) is 7.48. The normalized spacial score (nSPS) is 10.2. The summed E-state index contributed by atoms with van der Waals surface area (Å²) in [4.78, 5) is 0. The van der Waals surface area contributed by atoms with E-state index in [0.717, 1.165) is 0 Å². The maximum absolute atomic E-state index is 8.11. The molecular weight excluding hydrogens is 114 g/mol. The van der Waals surface area contributed by atoms with Crippen molar-refractivity contribution in [3.63, 3.8) is 0 Å². The predicted molar refractivity (Wildman–Crippen MR) is 37.0 cm³/mol. The van der Waals surface area contributed by atoms with Crippen molar-refractivity contribution in [2.75, 3.05) is 6.54 Å². The molecule has 0 rings (SSSR count). The number of hydroxylamine groups is 1. The van der Waals surface area contributed by atoms with Crippen molar-refractivity contribution in [2.24, 2.45) is 5.41 Å². The molecule has 0 saturated heterocycles.